The van der Waals surface area contributed by atoms with Crippen LogP contribution in [0.3, 0.4) is 0 Å². The summed E-state index contributed by atoms with van der Waals surface area (Å²) in [5.74, 6) is 3.66. The van der Waals surface area contributed by atoms with E-state index in [4.69, 9.17) is 4.42 Å². The Morgan fingerprint density at radius 3 is 2.57 bits per heavy atom. The lowest BCUT2D eigenvalue weighted by Gasteiger charge is -2.18. The zero-order chi connectivity index (χ0) is 14.2. The van der Waals surface area contributed by atoms with E-state index in [2.05, 4.69) is 40.5 Å². The maximum atomic E-state index is 5.82. The second-order valence-electron chi connectivity index (χ2n) is 6.44. The monoisotopic (exact) mass is 282 g/mol. The number of rotatable bonds is 3. The van der Waals surface area contributed by atoms with Gasteiger partial charge in [-0.2, -0.15) is 0 Å². The van der Waals surface area contributed by atoms with Crippen LogP contribution < -0.4 is 5.32 Å². The predicted molar refractivity (Wildman–Crippen MR) is 84.0 cm³/mol. The predicted octanol–water partition coefficient (Wildman–Crippen LogP) is 2.91. The quantitative estimate of drug-likeness (QED) is 0.938. The molecule has 2 atom stereocenters. The normalized spacial score (nSPS) is 25.4. The van der Waals surface area contributed by atoms with E-state index in [1.807, 2.05) is 13.0 Å². The van der Waals surface area contributed by atoms with Gasteiger partial charge >= 0.3 is 0 Å². The van der Waals surface area contributed by atoms with Gasteiger partial charge in [0, 0.05) is 25.2 Å². The van der Waals surface area contributed by atoms with Crippen LogP contribution in [-0.4, -0.2) is 31.1 Å². The van der Waals surface area contributed by atoms with Crippen molar-refractivity contribution in [2.24, 2.45) is 11.8 Å². The molecule has 2 aliphatic heterocycles. The summed E-state index contributed by atoms with van der Waals surface area (Å²) in [6.45, 7) is 7.87. The summed E-state index contributed by atoms with van der Waals surface area (Å²) in [7, 11) is 0. The Bertz CT molecular complexity index is 622. The molecule has 0 amide bonds. The molecule has 0 aliphatic carbocycles. The van der Waals surface area contributed by atoms with Gasteiger partial charge in [-0.05, 0) is 49.5 Å². The van der Waals surface area contributed by atoms with Crippen LogP contribution in [0.15, 0.2) is 40.8 Å². The third-order valence-electron chi connectivity index (χ3n) is 4.88. The maximum Gasteiger partial charge on any atom is 0.134 e. The van der Waals surface area contributed by atoms with Crippen LogP contribution in [0.1, 0.15) is 11.3 Å². The zero-order valence-corrected chi connectivity index (χ0v) is 12.5. The van der Waals surface area contributed by atoms with Crippen LogP contribution in [0.25, 0.3) is 11.3 Å². The molecule has 110 valence electrons. The second kappa shape index (κ2) is 5.32. The molecule has 21 heavy (non-hydrogen) atoms. The van der Waals surface area contributed by atoms with Crippen LogP contribution >= 0.6 is 0 Å². The highest BCUT2D eigenvalue weighted by atomic mass is 16.3. The SMILES string of the molecule is Cc1ccc(-c2ccccc2CN2CC3CNCC3C2)o1. The van der Waals surface area contributed by atoms with Crippen molar-refractivity contribution in [3.05, 3.63) is 47.7 Å². The Morgan fingerprint density at radius 2 is 1.86 bits per heavy atom. The van der Waals surface area contributed by atoms with Crippen LogP contribution in [0.4, 0.5) is 0 Å². The third kappa shape index (κ3) is 2.52. The van der Waals surface area contributed by atoms with Crippen molar-refractivity contribution in [3.63, 3.8) is 0 Å². The van der Waals surface area contributed by atoms with E-state index in [9.17, 15) is 0 Å². The highest BCUT2D eigenvalue weighted by Crippen LogP contribution is 2.31. The van der Waals surface area contributed by atoms with Gasteiger partial charge in [0.1, 0.15) is 11.5 Å². The van der Waals surface area contributed by atoms with E-state index >= 15 is 0 Å². The van der Waals surface area contributed by atoms with Crippen molar-refractivity contribution in [1.29, 1.82) is 0 Å². The van der Waals surface area contributed by atoms with Crippen LogP contribution in [0, 0.1) is 18.8 Å². The molecular formula is C18H22N2O. The minimum atomic E-state index is 0.850. The summed E-state index contributed by atoms with van der Waals surface area (Å²) in [6, 6.07) is 12.8. The molecule has 2 aromatic rings. The lowest BCUT2D eigenvalue weighted by molar-refractivity contribution is 0.306. The summed E-state index contributed by atoms with van der Waals surface area (Å²) >= 11 is 0. The van der Waals surface area contributed by atoms with Crippen molar-refractivity contribution in [1.82, 2.24) is 10.2 Å². The van der Waals surface area contributed by atoms with E-state index in [1.165, 1.54) is 37.3 Å². The molecule has 1 N–H and O–H groups in total. The molecule has 0 bridgehead atoms. The minimum absolute atomic E-state index is 0.850. The van der Waals surface area contributed by atoms with Gasteiger partial charge in [0.25, 0.3) is 0 Å². The highest BCUT2D eigenvalue weighted by Gasteiger charge is 2.35. The molecular weight excluding hydrogens is 260 g/mol. The molecule has 0 radical (unpaired) electrons. The molecule has 1 aromatic carbocycles. The van der Waals surface area contributed by atoms with Gasteiger partial charge in [-0.25, -0.2) is 0 Å². The number of hydrogen-bond acceptors (Lipinski definition) is 3. The first-order valence-electron chi connectivity index (χ1n) is 7.87. The first kappa shape index (κ1) is 13.1. The average Bonchev–Trinajstić information content (AvgIpc) is 3.15. The Kier molecular flexibility index (Phi) is 3.32. The number of furan rings is 1. The first-order chi connectivity index (χ1) is 10.3. The minimum Gasteiger partial charge on any atom is -0.461 e. The van der Waals surface area contributed by atoms with E-state index in [0.29, 0.717) is 0 Å². The molecule has 2 unspecified atom stereocenters. The highest BCUT2D eigenvalue weighted by molar-refractivity contribution is 5.62. The lowest BCUT2D eigenvalue weighted by atomic mass is 10.0. The van der Waals surface area contributed by atoms with E-state index in [-0.39, 0.29) is 0 Å². The van der Waals surface area contributed by atoms with E-state index < -0.39 is 0 Å². The van der Waals surface area contributed by atoms with Crippen molar-refractivity contribution in [2.75, 3.05) is 26.2 Å². The number of nitrogens with zero attached hydrogens (tertiary/aromatic N) is 1. The molecule has 3 heteroatoms. The third-order valence-corrected chi connectivity index (χ3v) is 4.88. The molecule has 0 spiro atoms. The summed E-state index contributed by atoms with van der Waals surface area (Å²) in [5, 5.41) is 3.51. The number of likely N-dealkylation sites (tertiary alicyclic amines) is 1. The Morgan fingerprint density at radius 1 is 1.10 bits per heavy atom. The van der Waals surface area contributed by atoms with Gasteiger partial charge in [-0.15, -0.1) is 0 Å². The molecule has 2 fully saturated rings. The fraction of sp³-hybridized carbons (Fsp3) is 0.444. The number of hydrogen-bond donors (Lipinski definition) is 1. The summed E-state index contributed by atoms with van der Waals surface area (Å²) in [4.78, 5) is 2.60. The molecule has 2 aliphatic rings. The van der Waals surface area contributed by atoms with Gasteiger partial charge in [0.05, 0.1) is 0 Å². The zero-order valence-electron chi connectivity index (χ0n) is 12.5. The Labute approximate surface area is 126 Å². The van der Waals surface area contributed by atoms with Gasteiger partial charge in [-0.1, -0.05) is 24.3 Å². The van der Waals surface area contributed by atoms with Gasteiger partial charge in [-0.3, -0.25) is 4.90 Å². The number of fused-ring (bicyclic) bond motifs is 1. The molecule has 2 saturated heterocycles. The standard InChI is InChI=1S/C18H22N2O/c1-13-6-7-18(21-13)17-5-3-2-4-14(17)10-20-11-15-8-19-9-16(15)12-20/h2-7,15-16,19H,8-12H2,1H3. The van der Waals surface area contributed by atoms with Gasteiger partial charge < -0.3 is 9.73 Å². The smallest absolute Gasteiger partial charge is 0.134 e. The molecule has 3 nitrogen and oxygen atoms in total. The van der Waals surface area contributed by atoms with Crippen LogP contribution in [0.5, 0.6) is 0 Å². The van der Waals surface area contributed by atoms with Gasteiger partial charge in [0.15, 0.2) is 0 Å². The molecule has 1 aromatic heterocycles. The van der Waals surface area contributed by atoms with Crippen molar-refractivity contribution in [2.45, 2.75) is 13.5 Å². The number of benzene rings is 1. The molecule has 3 heterocycles. The van der Waals surface area contributed by atoms with Crippen LogP contribution in [0.2, 0.25) is 0 Å². The van der Waals surface area contributed by atoms with E-state index in [0.717, 1.165) is 29.9 Å². The lowest BCUT2D eigenvalue weighted by Crippen LogP contribution is -2.25. The number of nitrogens with one attached hydrogen (secondary N) is 1. The second-order valence-corrected chi connectivity index (χ2v) is 6.44. The first-order valence-corrected chi connectivity index (χ1v) is 7.87. The van der Waals surface area contributed by atoms with Gasteiger partial charge in [0.2, 0.25) is 0 Å². The van der Waals surface area contributed by atoms with Crippen LogP contribution in [-0.2, 0) is 6.54 Å². The van der Waals surface area contributed by atoms with E-state index in [1.54, 1.807) is 0 Å². The van der Waals surface area contributed by atoms with Crippen molar-refractivity contribution in [3.8, 4) is 11.3 Å². The summed E-state index contributed by atoms with van der Waals surface area (Å²) in [6.07, 6.45) is 0. The fourth-order valence-corrected chi connectivity index (χ4v) is 3.80. The summed E-state index contributed by atoms with van der Waals surface area (Å²) in [5.41, 5.74) is 2.61. The average molecular weight is 282 g/mol. The largest absolute Gasteiger partial charge is 0.461 e. The van der Waals surface area contributed by atoms with Crippen molar-refractivity contribution < 1.29 is 4.42 Å². The summed E-state index contributed by atoms with van der Waals surface area (Å²) < 4.78 is 5.82. The molecule has 4 rings (SSSR count). The number of aryl methyl sites for hydroxylation is 1. The maximum absolute atomic E-state index is 5.82. The fourth-order valence-electron chi connectivity index (χ4n) is 3.80. The van der Waals surface area contributed by atoms with Crippen molar-refractivity contribution >= 4 is 0 Å². The Hall–Kier alpha value is -1.58. The Balaban J connectivity index is 1.55. The topological polar surface area (TPSA) is 28.4 Å². The molecule has 0 saturated carbocycles.